The van der Waals surface area contributed by atoms with Crippen LogP contribution in [0.2, 0.25) is 5.02 Å². The number of carbonyl (C=O) groups excluding carboxylic acids is 2. The number of nitrogens with zero attached hydrogens (tertiary/aromatic N) is 1. The van der Waals surface area contributed by atoms with Crippen molar-refractivity contribution >= 4 is 35.6 Å². The zero-order chi connectivity index (χ0) is 17.4. The maximum absolute atomic E-state index is 11.8. The Balaban J connectivity index is 1.92. The number of carboxylic acids is 1. The molecule has 2 N–H and O–H groups in total. The molecule has 0 spiro atoms. The molecule has 7 nitrogen and oxygen atoms in total. The van der Waals surface area contributed by atoms with Gasteiger partial charge in [-0.15, -0.1) is 0 Å². The number of aromatic carboxylic acids is 1. The highest BCUT2D eigenvalue weighted by molar-refractivity contribution is 6.33. The minimum absolute atomic E-state index is 0.0367. The van der Waals surface area contributed by atoms with Gasteiger partial charge < -0.3 is 14.8 Å². The van der Waals surface area contributed by atoms with Crippen LogP contribution in [0.5, 0.6) is 0 Å². The quantitative estimate of drug-likeness (QED) is 0.657. The van der Waals surface area contributed by atoms with E-state index in [1.165, 1.54) is 25.3 Å². The van der Waals surface area contributed by atoms with Crippen LogP contribution < -0.4 is 5.32 Å². The number of benzene rings is 1. The van der Waals surface area contributed by atoms with E-state index in [0.29, 0.717) is 17.1 Å². The Kier molecular flexibility index (Phi) is 3.86. The average molecular weight is 347 g/mol. The molecule has 1 saturated heterocycles. The Morgan fingerprint density at radius 1 is 1.29 bits per heavy atom. The van der Waals surface area contributed by atoms with Crippen molar-refractivity contribution in [1.82, 2.24) is 10.2 Å². The predicted octanol–water partition coefficient (Wildman–Crippen LogP) is 2.82. The van der Waals surface area contributed by atoms with Crippen LogP contribution in [0.15, 0.2) is 40.4 Å². The van der Waals surface area contributed by atoms with E-state index in [1.807, 2.05) is 0 Å². The maximum Gasteiger partial charge on any atom is 0.337 e. The summed E-state index contributed by atoms with van der Waals surface area (Å²) in [5.41, 5.74) is 0.594. The van der Waals surface area contributed by atoms with E-state index in [2.05, 4.69) is 5.32 Å². The van der Waals surface area contributed by atoms with Crippen LogP contribution in [-0.4, -0.2) is 35.0 Å². The molecule has 2 heterocycles. The summed E-state index contributed by atoms with van der Waals surface area (Å²) in [6.45, 7) is 0. The second-order valence-corrected chi connectivity index (χ2v) is 5.46. The van der Waals surface area contributed by atoms with Crippen molar-refractivity contribution in [3.05, 3.63) is 52.4 Å². The lowest BCUT2D eigenvalue weighted by molar-refractivity contribution is -0.121. The molecule has 1 aliphatic rings. The van der Waals surface area contributed by atoms with Gasteiger partial charge in [0, 0.05) is 18.7 Å². The number of nitrogens with one attached hydrogen (secondary N) is 1. The first kappa shape index (κ1) is 15.8. The minimum atomic E-state index is -1.14. The standard InChI is InChI=1S/C16H11ClN2O5/c1-19-14(20)12(18-16(19)23)7-9-3-5-13(24-9)8-2-4-11(17)10(6-8)15(21)22/h2-7H,1H3,(H,18,23)(H,21,22)/b12-7+. The number of likely N-dealkylation sites (N-methyl/N-ethyl adjacent to an activating group) is 1. The molecule has 0 unspecified atom stereocenters. The van der Waals surface area contributed by atoms with Gasteiger partial charge in [-0.25, -0.2) is 9.59 Å². The summed E-state index contributed by atoms with van der Waals surface area (Å²) in [4.78, 5) is 35.3. The molecule has 1 fully saturated rings. The van der Waals surface area contributed by atoms with Crippen LogP contribution in [0.3, 0.4) is 0 Å². The van der Waals surface area contributed by atoms with Crippen molar-refractivity contribution in [1.29, 1.82) is 0 Å². The first-order chi connectivity index (χ1) is 11.4. The average Bonchev–Trinajstić information content (AvgIpc) is 3.09. The van der Waals surface area contributed by atoms with E-state index >= 15 is 0 Å². The zero-order valence-electron chi connectivity index (χ0n) is 12.4. The fourth-order valence-corrected chi connectivity index (χ4v) is 2.39. The monoisotopic (exact) mass is 346 g/mol. The third kappa shape index (κ3) is 2.77. The molecule has 3 rings (SSSR count). The summed E-state index contributed by atoms with van der Waals surface area (Å²) in [6, 6.07) is 7.22. The number of carboxylic acid groups (broad SMARTS) is 1. The molecule has 24 heavy (non-hydrogen) atoms. The number of carbonyl (C=O) groups is 3. The third-order valence-corrected chi connectivity index (χ3v) is 3.81. The van der Waals surface area contributed by atoms with Crippen molar-refractivity contribution < 1.29 is 23.9 Å². The van der Waals surface area contributed by atoms with Crippen LogP contribution >= 0.6 is 11.6 Å². The van der Waals surface area contributed by atoms with Gasteiger partial charge in [-0.2, -0.15) is 0 Å². The number of urea groups is 1. The van der Waals surface area contributed by atoms with Crippen LogP contribution in [0.1, 0.15) is 16.1 Å². The summed E-state index contributed by atoms with van der Waals surface area (Å²) in [7, 11) is 1.37. The molecule has 122 valence electrons. The fraction of sp³-hybridized carbons (Fsp3) is 0.0625. The highest BCUT2D eigenvalue weighted by atomic mass is 35.5. The van der Waals surface area contributed by atoms with Crippen molar-refractivity contribution in [2.24, 2.45) is 0 Å². The Labute approximate surface area is 141 Å². The van der Waals surface area contributed by atoms with E-state index in [-0.39, 0.29) is 16.3 Å². The first-order valence-electron chi connectivity index (χ1n) is 6.80. The van der Waals surface area contributed by atoms with Gasteiger partial charge in [0.2, 0.25) is 0 Å². The number of imide groups is 1. The second-order valence-electron chi connectivity index (χ2n) is 5.05. The molecule has 0 bridgehead atoms. The molecule has 1 aromatic heterocycles. The topological polar surface area (TPSA) is 99.8 Å². The summed E-state index contributed by atoms with van der Waals surface area (Å²) >= 11 is 5.84. The zero-order valence-corrected chi connectivity index (χ0v) is 13.1. The van der Waals surface area contributed by atoms with Gasteiger partial charge in [-0.3, -0.25) is 9.69 Å². The number of rotatable bonds is 3. The van der Waals surface area contributed by atoms with Gasteiger partial charge in [0.05, 0.1) is 10.6 Å². The molecule has 0 atom stereocenters. The van der Waals surface area contributed by atoms with Crippen molar-refractivity contribution in [3.8, 4) is 11.3 Å². The Morgan fingerprint density at radius 3 is 2.67 bits per heavy atom. The maximum atomic E-state index is 11.8. The molecule has 3 amide bonds. The predicted molar refractivity (Wildman–Crippen MR) is 85.4 cm³/mol. The molecule has 1 aliphatic heterocycles. The largest absolute Gasteiger partial charge is 0.478 e. The summed E-state index contributed by atoms with van der Waals surface area (Å²) in [5, 5.41) is 11.7. The van der Waals surface area contributed by atoms with Gasteiger partial charge >= 0.3 is 12.0 Å². The molecule has 1 aromatic carbocycles. The van der Waals surface area contributed by atoms with Gasteiger partial charge in [0.1, 0.15) is 17.2 Å². The van der Waals surface area contributed by atoms with E-state index in [9.17, 15) is 14.4 Å². The van der Waals surface area contributed by atoms with Crippen molar-refractivity contribution in [2.75, 3.05) is 7.05 Å². The van der Waals surface area contributed by atoms with E-state index in [4.69, 9.17) is 21.1 Å². The van der Waals surface area contributed by atoms with E-state index in [0.717, 1.165) is 4.90 Å². The summed E-state index contributed by atoms with van der Waals surface area (Å²) in [5.74, 6) is -0.849. The fourth-order valence-electron chi connectivity index (χ4n) is 2.19. The van der Waals surface area contributed by atoms with Crippen LogP contribution in [0.4, 0.5) is 4.79 Å². The lowest BCUT2D eigenvalue weighted by atomic mass is 10.1. The molecule has 2 aromatic rings. The van der Waals surface area contributed by atoms with Gasteiger partial charge in [-0.05, 0) is 30.3 Å². The Hall–Kier alpha value is -3.06. The van der Waals surface area contributed by atoms with Crippen molar-refractivity contribution in [2.45, 2.75) is 0 Å². The minimum Gasteiger partial charge on any atom is -0.478 e. The summed E-state index contributed by atoms with van der Waals surface area (Å²) in [6.07, 6.45) is 1.40. The van der Waals surface area contributed by atoms with Gasteiger partial charge in [0.25, 0.3) is 5.91 Å². The van der Waals surface area contributed by atoms with Crippen LogP contribution in [-0.2, 0) is 4.79 Å². The first-order valence-corrected chi connectivity index (χ1v) is 7.18. The van der Waals surface area contributed by atoms with Crippen molar-refractivity contribution in [3.63, 3.8) is 0 Å². The lowest BCUT2D eigenvalue weighted by Crippen LogP contribution is -2.25. The number of hydrogen-bond acceptors (Lipinski definition) is 4. The molecule has 8 heteroatoms. The highest BCUT2D eigenvalue weighted by Gasteiger charge is 2.30. The Bertz CT molecular complexity index is 900. The smallest absolute Gasteiger partial charge is 0.337 e. The lowest BCUT2D eigenvalue weighted by Gasteiger charge is -2.02. The number of hydrogen-bond donors (Lipinski definition) is 2. The van der Waals surface area contributed by atoms with E-state index in [1.54, 1.807) is 18.2 Å². The number of furan rings is 1. The highest BCUT2D eigenvalue weighted by Crippen LogP contribution is 2.28. The third-order valence-electron chi connectivity index (χ3n) is 3.48. The normalized spacial score (nSPS) is 15.9. The summed E-state index contributed by atoms with van der Waals surface area (Å²) < 4.78 is 5.59. The van der Waals surface area contributed by atoms with Crippen LogP contribution in [0, 0.1) is 0 Å². The van der Waals surface area contributed by atoms with E-state index < -0.39 is 17.9 Å². The second kappa shape index (κ2) is 5.86. The molecular weight excluding hydrogens is 336 g/mol. The molecule has 0 saturated carbocycles. The molecule has 0 aliphatic carbocycles. The van der Waals surface area contributed by atoms with Gasteiger partial charge in [-0.1, -0.05) is 11.6 Å². The molecule has 0 radical (unpaired) electrons. The SMILES string of the molecule is CN1C(=O)N/C(=C/c2ccc(-c3ccc(Cl)c(C(=O)O)c3)o2)C1=O. The number of halogens is 1. The van der Waals surface area contributed by atoms with Gasteiger partial charge in [0.15, 0.2) is 0 Å². The van der Waals surface area contributed by atoms with Crippen LogP contribution in [0.25, 0.3) is 17.4 Å². The number of amides is 3. The molecular formula is C16H11ClN2O5. The Morgan fingerprint density at radius 2 is 2.04 bits per heavy atom.